The van der Waals surface area contributed by atoms with Gasteiger partial charge in [-0.3, -0.25) is 9.55 Å². The van der Waals surface area contributed by atoms with Gasteiger partial charge in [0.25, 0.3) is 0 Å². The minimum atomic E-state index is -4.11. The molecule has 4 heterocycles. The molecule has 206 valence electrons. The highest BCUT2D eigenvalue weighted by Gasteiger charge is 2.50. The highest BCUT2D eigenvalue weighted by molar-refractivity contribution is 9.10. The van der Waals surface area contributed by atoms with Gasteiger partial charge >= 0.3 is 0 Å². The molecule has 0 N–H and O–H groups in total. The van der Waals surface area contributed by atoms with Gasteiger partial charge in [-0.05, 0) is 59.6 Å². The molecule has 1 aliphatic rings. The zero-order chi connectivity index (χ0) is 27.9. The Morgan fingerprint density at radius 1 is 1.21 bits per heavy atom. The molecule has 14 heteroatoms. The Bertz CT molecular complexity index is 1590. The van der Waals surface area contributed by atoms with Crippen molar-refractivity contribution < 1.29 is 26.7 Å². The lowest BCUT2D eigenvalue weighted by Crippen LogP contribution is -2.56. The Hall–Kier alpha value is -3.10. The summed E-state index contributed by atoms with van der Waals surface area (Å²) in [6.07, 6.45) is 2.94. The smallest absolute Gasteiger partial charge is 0.246 e. The normalized spacial score (nSPS) is 20.7. The van der Waals surface area contributed by atoms with E-state index in [-0.39, 0.29) is 24.7 Å². The van der Waals surface area contributed by atoms with E-state index in [4.69, 9.17) is 26.5 Å². The lowest BCUT2D eigenvalue weighted by molar-refractivity contribution is 0.391. The molecule has 1 aromatic carbocycles. The van der Waals surface area contributed by atoms with Crippen molar-refractivity contribution in [1.29, 1.82) is 0 Å². The molecule has 2 atom stereocenters. The number of hydrogen-bond acceptors (Lipinski definition) is 9. The first kappa shape index (κ1) is 27.5. The van der Waals surface area contributed by atoms with Crippen molar-refractivity contribution in [2.45, 2.75) is 29.8 Å². The van der Waals surface area contributed by atoms with Crippen molar-refractivity contribution in [3.63, 3.8) is 0 Å². The van der Waals surface area contributed by atoms with Crippen LogP contribution in [0, 0.1) is 5.82 Å². The van der Waals surface area contributed by atoms with Crippen LogP contribution in [0.1, 0.15) is 19.0 Å². The van der Waals surface area contributed by atoms with Gasteiger partial charge in [0.2, 0.25) is 21.8 Å². The maximum atomic E-state index is 14.3. The van der Waals surface area contributed by atoms with Gasteiger partial charge in [0.15, 0.2) is 5.76 Å². The van der Waals surface area contributed by atoms with Gasteiger partial charge in [-0.2, -0.15) is 12.6 Å². The number of aromatic nitrogens is 4. The van der Waals surface area contributed by atoms with E-state index < -0.39 is 25.8 Å². The zero-order valence-corrected chi connectivity index (χ0v) is 24.5. The fraction of sp³-hybridized carbons (Fsp3) is 0.320. The lowest BCUT2D eigenvalue weighted by atomic mass is 9.98. The zero-order valence-electron chi connectivity index (χ0n) is 21.2. The summed E-state index contributed by atoms with van der Waals surface area (Å²) in [5, 5.41) is 7.62. The number of methoxy groups -OCH3 is 2. The van der Waals surface area contributed by atoms with Crippen LogP contribution in [0.25, 0.3) is 17.3 Å². The summed E-state index contributed by atoms with van der Waals surface area (Å²) in [6.45, 7) is 1.86. The Balaban J connectivity index is 1.69. The van der Waals surface area contributed by atoms with Crippen LogP contribution in [0.2, 0.25) is 0 Å². The Labute approximate surface area is 238 Å². The molecule has 4 aromatic rings. The number of halogens is 2. The van der Waals surface area contributed by atoms with E-state index in [2.05, 4.69) is 31.1 Å². The van der Waals surface area contributed by atoms with E-state index >= 15 is 0 Å². The van der Waals surface area contributed by atoms with Crippen molar-refractivity contribution in [3.05, 3.63) is 64.8 Å². The molecular weight excluding hydrogens is 613 g/mol. The van der Waals surface area contributed by atoms with Gasteiger partial charge in [0.1, 0.15) is 28.3 Å². The molecule has 1 saturated heterocycles. The van der Waals surface area contributed by atoms with Gasteiger partial charge in [0, 0.05) is 22.2 Å². The van der Waals surface area contributed by atoms with Crippen molar-refractivity contribution in [1.82, 2.24) is 19.7 Å². The molecule has 0 spiro atoms. The molecule has 3 aromatic heterocycles. The van der Waals surface area contributed by atoms with E-state index in [0.29, 0.717) is 39.5 Å². The van der Waals surface area contributed by atoms with Gasteiger partial charge < -0.3 is 13.9 Å². The summed E-state index contributed by atoms with van der Waals surface area (Å²) in [5.74, 6) is 0.944. The lowest BCUT2D eigenvalue weighted by Gasteiger charge is -2.42. The summed E-state index contributed by atoms with van der Waals surface area (Å²) in [4.78, 5) is 4.13. The number of rotatable bonds is 7. The number of sulfonamides is 1. The highest BCUT2D eigenvalue weighted by Crippen LogP contribution is 2.43. The SMILES string of the molecule is COc1cccc(OC)c1-n1c(-c2ccco2)nnc1N1CCC(C)(S)C(Cc2ncc(F)cc2Br)S1(=O)=O. The first-order valence-corrected chi connectivity index (χ1v) is 14.6. The number of ether oxygens (including phenoxy) is 2. The van der Waals surface area contributed by atoms with Crippen LogP contribution in [-0.2, 0) is 16.4 Å². The molecule has 1 aliphatic heterocycles. The molecule has 0 amide bonds. The van der Waals surface area contributed by atoms with Crippen molar-refractivity contribution in [2.75, 3.05) is 25.1 Å². The molecule has 0 aliphatic carbocycles. The number of pyridine rings is 1. The number of furan rings is 1. The van der Waals surface area contributed by atoms with Gasteiger partial charge in [-0.1, -0.05) is 6.07 Å². The topological polar surface area (TPSA) is 113 Å². The highest BCUT2D eigenvalue weighted by atomic mass is 79.9. The average Bonchev–Trinajstić information content (AvgIpc) is 3.57. The summed E-state index contributed by atoms with van der Waals surface area (Å²) in [5.41, 5.74) is 0.805. The minimum Gasteiger partial charge on any atom is -0.494 e. The molecule has 0 bridgehead atoms. The third kappa shape index (κ3) is 4.89. The first-order chi connectivity index (χ1) is 18.6. The summed E-state index contributed by atoms with van der Waals surface area (Å²) in [7, 11) is -1.10. The van der Waals surface area contributed by atoms with Crippen LogP contribution in [-0.4, -0.2) is 58.9 Å². The third-order valence-electron chi connectivity index (χ3n) is 6.68. The quantitative estimate of drug-likeness (QED) is 0.291. The Morgan fingerprint density at radius 2 is 1.92 bits per heavy atom. The van der Waals surface area contributed by atoms with Gasteiger partial charge in [-0.25, -0.2) is 17.1 Å². The van der Waals surface area contributed by atoms with Crippen LogP contribution in [0.15, 0.2) is 57.7 Å². The maximum Gasteiger partial charge on any atom is 0.246 e. The maximum absolute atomic E-state index is 14.3. The van der Waals surface area contributed by atoms with Crippen LogP contribution >= 0.6 is 28.6 Å². The van der Waals surface area contributed by atoms with E-state index in [0.717, 1.165) is 6.20 Å². The molecule has 0 radical (unpaired) electrons. The van der Waals surface area contributed by atoms with Crippen molar-refractivity contribution in [2.24, 2.45) is 0 Å². The van der Waals surface area contributed by atoms with Crippen LogP contribution < -0.4 is 13.8 Å². The second kappa shape index (κ2) is 10.5. The average molecular weight is 639 g/mol. The summed E-state index contributed by atoms with van der Waals surface area (Å²) < 4.78 is 61.4. The minimum absolute atomic E-state index is 0.00312. The molecule has 5 rings (SSSR count). The Kier molecular flexibility index (Phi) is 7.37. The predicted octanol–water partition coefficient (Wildman–Crippen LogP) is 4.68. The number of hydrogen-bond donors (Lipinski definition) is 1. The largest absolute Gasteiger partial charge is 0.494 e. The molecule has 2 unspecified atom stereocenters. The van der Waals surface area contributed by atoms with Crippen molar-refractivity contribution in [3.8, 4) is 28.8 Å². The van der Waals surface area contributed by atoms with E-state index in [1.54, 1.807) is 41.8 Å². The van der Waals surface area contributed by atoms with E-state index in [1.807, 2.05) is 0 Å². The van der Waals surface area contributed by atoms with Crippen molar-refractivity contribution >= 4 is 44.5 Å². The molecule has 0 saturated carbocycles. The number of thiol groups is 1. The van der Waals surface area contributed by atoms with Crippen LogP contribution in [0.5, 0.6) is 11.5 Å². The standard InChI is InChI=1S/C25H25BrFN5O5S2/c1-25(38)9-10-31(39(33,34)21(25)13-17-16(26)12-15(27)14-28-17)24-30-29-23(20-8-5-11-37-20)32(24)22-18(35-2)6-4-7-19(22)36-3/h4-8,11-12,14,21,38H,9-10,13H2,1-3H3. The second-order valence-corrected chi connectivity index (χ2v) is 13.1. The Morgan fingerprint density at radius 3 is 2.54 bits per heavy atom. The van der Waals surface area contributed by atoms with E-state index in [1.165, 1.54) is 30.9 Å². The summed E-state index contributed by atoms with van der Waals surface area (Å²) in [6, 6.07) is 9.85. The molecule has 39 heavy (non-hydrogen) atoms. The first-order valence-electron chi connectivity index (χ1n) is 11.8. The van der Waals surface area contributed by atoms with Crippen LogP contribution in [0.4, 0.5) is 10.3 Å². The molecular formula is C25H25BrFN5O5S2. The van der Waals surface area contributed by atoms with Crippen LogP contribution in [0.3, 0.4) is 0 Å². The predicted molar refractivity (Wildman–Crippen MR) is 150 cm³/mol. The number of benzene rings is 1. The summed E-state index contributed by atoms with van der Waals surface area (Å²) >= 11 is 8.06. The fourth-order valence-corrected chi connectivity index (χ4v) is 7.86. The van der Waals surface area contributed by atoms with Gasteiger partial charge in [0.05, 0.1) is 32.4 Å². The number of nitrogens with zero attached hydrogens (tertiary/aromatic N) is 5. The fourth-order valence-electron chi connectivity index (χ4n) is 4.66. The molecule has 10 nitrogen and oxygen atoms in total. The van der Waals surface area contributed by atoms with E-state index in [9.17, 15) is 12.8 Å². The third-order valence-corrected chi connectivity index (χ3v) is 10.4. The molecule has 1 fully saturated rings. The number of anilines is 1. The van der Waals surface area contributed by atoms with Gasteiger partial charge in [-0.15, -0.1) is 10.2 Å². The monoisotopic (exact) mass is 637 g/mol. The second-order valence-electron chi connectivity index (χ2n) is 9.15. The number of para-hydroxylation sites is 1.